The fraction of sp³-hybridized carbons (Fsp3) is 0.154. The van der Waals surface area contributed by atoms with E-state index in [1.54, 1.807) is 12.4 Å². The predicted molar refractivity (Wildman–Crippen MR) is 70.8 cm³/mol. The third-order valence-corrected chi connectivity index (χ3v) is 3.09. The minimum atomic E-state index is -0.161. The highest BCUT2D eigenvalue weighted by Crippen LogP contribution is 2.22. The molecule has 1 unspecified atom stereocenters. The van der Waals surface area contributed by atoms with Gasteiger partial charge in [0.25, 0.3) is 0 Å². The van der Waals surface area contributed by atoms with E-state index in [2.05, 4.69) is 20.9 Å². The van der Waals surface area contributed by atoms with E-state index in [0.29, 0.717) is 6.61 Å². The summed E-state index contributed by atoms with van der Waals surface area (Å²) in [7, 11) is 0. The molecule has 1 atom stereocenters. The molecule has 0 aliphatic heterocycles. The Morgan fingerprint density at radius 3 is 2.76 bits per heavy atom. The van der Waals surface area contributed by atoms with Gasteiger partial charge in [-0.3, -0.25) is 4.98 Å². The van der Waals surface area contributed by atoms with Crippen LogP contribution in [-0.4, -0.2) is 11.6 Å². The summed E-state index contributed by atoms with van der Waals surface area (Å²) in [4.78, 5) is 3.98. The van der Waals surface area contributed by atoms with Crippen molar-refractivity contribution in [2.24, 2.45) is 5.73 Å². The van der Waals surface area contributed by atoms with Crippen LogP contribution in [0.2, 0.25) is 0 Å². The second-order valence-electron chi connectivity index (χ2n) is 3.63. The second-order valence-corrected chi connectivity index (χ2v) is 4.48. The van der Waals surface area contributed by atoms with Gasteiger partial charge in [0.15, 0.2) is 0 Å². The number of halogens is 1. The number of hydrogen-bond acceptors (Lipinski definition) is 3. The molecule has 0 saturated carbocycles. The zero-order valence-electron chi connectivity index (χ0n) is 9.21. The molecule has 0 saturated heterocycles. The van der Waals surface area contributed by atoms with Gasteiger partial charge < -0.3 is 10.5 Å². The van der Waals surface area contributed by atoms with Crippen molar-refractivity contribution in [3.8, 4) is 5.75 Å². The largest absolute Gasteiger partial charge is 0.490 e. The van der Waals surface area contributed by atoms with Crippen LogP contribution >= 0.6 is 15.9 Å². The third kappa shape index (κ3) is 3.28. The van der Waals surface area contributed by atoms with Crippen molar-refractivity contribution < 1.29 is 4.74 Å². The smallest absolute Gasteiger partial charge is 0.137 e. The number of rotatable bonds is 4. The fourth-order valence-electron chi connectivity index (χ4n) is 1.48. The van der Waals surface area contributed by atoms with Crippen molar-refractivity contribution in [3.05, 3.63) is 58.8 Å². The maximum absolute atomic E-state index is 6.07. The zero-order valence-corrected chi connectivity index (χ0v) is 10.8. The molecule has 17 heavy (non-hydrogen) atoms. The summed E-state index contributed by atoms with van der Waals surface area (Å²) in [5.41, 5.74) is 7.11. The summed E-state index contributed by atoms with van der Waals surface area (Å²) in [5, 5.41) is 0. The molecular weight excluding hydrogens is 280 g/mol. The highest BCUT2D eigenvalue weighted by molar-refractivity contribution is 9.10. The first-order valence-electron chi connectivity index (χ1n) is 5.30. The van der Waals surface area contributed by atoms with Crippen molar-refractivity contribution in [2.45, 2.75) is 6.04 Å². The van der Waals surface area contributed by atoms with Gasteiger partial charge in [0.05, 0.1) is 12.2 Å². The lowest BCUT2D eigenvalue weighted by Crippen LogP contribution is -2.19. The van der Waals surface area contributed by atoms with Crippen molar-refractivity contribution in [1.29, 1.82) is 0 Å². The van der Waals surface area contributed by atoms with Gasteiger partial charge in [-0.1, -0.05) is 34.1 Å². The molecule has 0 bridgehead atoms. The average Bonchev–Trinajstić information content (AvgIpc) is 2.38. The predicted octanol–water partition coefficient (Wildman–Crippen LogP) is 2.92. The summed E-state index contributed by atoms with van der Waals surface area (Å²) in [6, 6.07) is 11.4. The average molecular weight is 293 g/mol. The van der Waals surface area contributed by atoms with Crippen LogP contribution in [0.15, 0.2) is 53.3 Å². The van der Waals surface area contributed by atoms with Crippen LogP contribution in [0.25, 0.3) is 0 Å². The minimum absolute atomic E-state index is 0.161. The Labute approximate surface area is 109 Å². The molecule has 1 aromatic heterocycles. The molecule has 3 nitrogen and oxygen atoms in total. The molecule has 1 aromatic carbocycles. The highest BCUT2D eigenvalue weighted by atomic mass is 79.9. The van der Waals surface area contributed by atoms with Crippen LogP contribution in [0.5, 0.6) is 5.75 Å². The van der Waals surface area contributed by atoms with Gasteiger partial charge >= 0.3 is 0 Å². The summed E-state index contributed by atoms with van der Waals surface area (Å²) in [5.74, 6) is 0.731. The molecule has 0 radical (unpaired) electrons. The Bertz CT molecular complexity index is 476. The molecule has 1 heterocycles. The van der Waals surface area contributed by atoms with Gasteiger partial charge in [-0.05, 0) is 23.8 Å². The zero-order chi connectivity index (χ0) is 12.1. The van der Waals surface area contributed by atoms with E-state index in [0.717, 1.165) is 15.8 Å². The van der Waals surface area contributed by atoms with Crippen molar-refractivity contribution in [3.63, 3.8) is 0 Å². The second kappa shape index (κ2) is 5.80. The Morgan fingerprint density at radius 1 is 1.24 bits per heavy atom. The summed E-state index contributed by atoms with van der Waals surface area (Å²) in [6.07, 6.45) is 3.38. The first-order valence-corrected chi connectivity index (χ1v) is 6.09. The SMILES string of the molecule is NC(COc1cccnc1)c1ccccc1Br. The van der Waals surface area contributed by atoms with E-state index in [4.69, 9.17) is 10.5 Å². The molecule has 0 fully saturated rings. The number of nitrogens with two attached hydrogens (primary N) is 1. The number of nitrogens with zero attached hydrogens (tertiary/aromatic N) is 1. The molecule has 4 heteroatoms. The highest BCUT2D eigenvalue weighted by Gasteiger charge is 2.09. The Kier molecular flexibility index (Phi) is 4.12. The monoisotopic (exact) mass is 292 g/mol. The van der Waals surface area contributed by atoms with Crippen molar-refractivity contribution >= 4 is 15.9 Å². The van der Waals surface area contributed by atoms with Crippen molar-refractivity contribution in [2.75, 3.05) is 6.61 Å². The number of aromatic nitrogens is 1. The first kappa shape index (κ1) is 12.1. The van der Waals surface area contributed by atoms with E-state index >= 15 is 0 Å². The lowest BCUT2D eigenvalue weighted by molar-refractivity contribution is 0.289. The van der Waals surface area contributed by atoms with Crippen LogP contribution < -0.4 is 10.5 Å². The summed E-state index contributed by atoms with van der Waals surface area (Å²) in [6.45, 7) is 0.425. The lowest BCUT2D eigenvalue weighted by Gasteiger charge is -2.14. The minimum Gasteiger partial charge on any atom is -0.490 e. The van der Waals surface area contributed by atoms with Gasteiger partial charge in [-0.15, -0.1) is 0 Å². The first-order chi connectivity index (χ1) is 8.27. The molecule has 0 aliphatic carbocycles. The van der Waals surface area contributed by atoms with Gasteiger partial charge in [0.1, 0.15) is 12.4 Å². The molecule has 0 spiro atoms. The summed E-state index contributed by atoms with van der Waals surface area (Å²) >= 11 is 3.48. The van der Waals surface area contributed by atoms with Gasteiger partial charge in [-0.2, -0.15) is 0 Å². The van der Waals surface area contributed by atoms with Crippen LogP contribution in [0, 0.1) is 0 Å². The number of hydrogen-bond donors (Lipinski definition) is 1. The standard InChI is InChI=1S/C13H13BrN2O/c14-12-6-2-1-5-11(12)13(15)9-17-10-4-3-7-16-8-10/h1-8,13H,9,15H2. The number of benzene rings is 1. The van der Waals surface area contributed by atoms with E-state index in [-0.39, 0.29) is 6.04 Å². The van der Waals surface area contributed by atoms with E-state index in [1.165, 1.54) is 0 Å². The van der Waals surface area contributed by atoms with Crippen LogP contribution in [0.1, 0.15) is 11.6 Å². The van der Waals surface area contributed by atoms with Gasteiger partial charge in [-0.25, -0.2) is 0 Å². The van der Waals surface area contributed by atoms with E-state index in [9.17, 15) is 0 Å². The Hall–Kier alpha value is -1.39. The topological polar surface area (TPSA) is 48.1 Å². The van der Waals surface area contributed by atoms with Crippen molar-refractivity contribution in [1.82, 2.24) is 4.98 Å². The van der Waals surface area contributed by atoms with Gasteiger partial charge in [0.2, 0.25) is 0 Å². The Morgan fingerprint density at radius 2 is 2.06 bits per heavy atom. The van der Waals surface area contributed by atoms with Crippen LogP contribution in [0.3, 0.4) is 0 Å². The van der Waals surface area contributed by atoms with Crippen LogP contribution in [0.4, 0.5) is 0 Å². The molecule has 0 aliphatic rings. The third-order valence-electron chi connectivity index (χ3n) is 2.37. The molecule has 2 rings (SSSR count). The maximum atomic E-state index is 6.07. The summed E-state index contributed by atoms with van der Waals surface area (Å²) < 4.78 is 6.57. The molecule has 0 amide bonds. The normalized spacial score (nSPS) is 12.1. The molecule has 2 aromatic rings. The Balaban J connectivity index is 1.99. The van der Waals surface area contributed by atoms with Gasteiger partial charge in [0, 0.05) is 10.7 Å². The quantitative estimate of drug-likeness (QED) is 0.943. The molecular formula is C13H13BrN2O. The fourth-order valence-corrected chi connectivity index (χ4v) is 2.06. The molecule has 2 N–H and O–H groups in total. The maximum Gasteiger partial charge on any atom is 0.137 e. The van der Waals surface area contributed by atoms with Crippen LogP contribution in [-0.2, 0) is 0 Å². The number of pyridine rings is 1. The molecule has 88 valence electrons. The lowest BCUT2D eigenvalue weighted by atomic mass is 10.1. The number of ether oxygens (including phenoxy) is 1. The van der Waals surface area contributed by atoms with E-state index < -0.39 is 0 Å². The van der Waals surface area contributed by atoms with E-state index in [1.807, 2.05) is 36.4 Å².